The molecule has 3 aromatic rings. The van der Waals surface area contributed by atoms with Gasteiger partial charge in [-0.1, -0.05) is 23.8 Å². The number of hydrogen-bond donors (Lipinski definition) is 2. The first-order valence-electron chi connectivity index (χ1n) is 7.61. The molecule has 1 aromatic heterocycles. The van der Waals surface area contributed by atoms with E-state index in [1.54, 1.807) is 24.3 Å². The Bertz CT molecular complexity index is 945. The van der Waals surface area contributed by atoms with Crippen LogP contribution in [0.3, 0.4) is 0 Å². The molecule has 2 aromatic carbocycles. The predicted molar refractivity (Wildman–Crippen MR) is 95.6 cm³/mol. The Morgan fingerprint density at radius 1 is 1.04 bits per heavy atom. The summed E-state index contributed by atoms with van der Waals surface area (Å²) >= 11 is 0. The molecule has 25 heavy (non-hydrogen) atoms. The third kappa shape index (κ3) is 4.18. The molecule has 3 rings (SSSR count). The fourth-order valence-corrected chi connectivity index (χ4v) is 2.20. The summed E-state index contributed by atoms with van der Waals surface area (Å²) in [5, 5.41) is 14.8. The van der Waals surface area contributed by atoms with Crippen molar-refractivity contribution >= 4 is 23.1 Å². The predicted octanol–water partition coefficient (Wildman–Crippen LogP) is 3.65. The quantitative estimate of drug-likeness (QED) is 0.762. The highest BCUT2D eigenvalue weighted by molar-refractivity contribution is 6.03. The van der Waals surface area contributed by atoms with Crippen LogP contribution in [-0.2, 0) is 0 Å². The van der Waals surface area contributed by atoms with E-state index in [0.29, 0.717) is 22.8 Å². The Balaban J connectivity index is 1.75. The van der Waals surface area contributed by atoms with Gasteiger partial charge in [0.05, 0.1) is 11.6 Å². The average molecular weight is 329 g/mol. The van der Waals surface area contributed by atoms with Crippen LogP contribution in [0.2, 0.25) is 0 Å². The molecule has 6 nitrogen and oxygen atoms in total. The topological polar surface area (TPSA) is 90.7 Å². The number of benzene rings is 2. The third-order valence-corrected chi connectivity index (χ3v) is 3.47. The summed E-state index contributed by atoms with van der Waals surface area (Å²) in [6.45, 7) is 1.98. The smallest absolute Gasteiger partial charge is 0.274 e. The molecular formula is C19H15N5O. The second-order valence-electron chi connectivity index (χ2n) is 5.43. The fourth-order valence-electron chi connectivity index (χ4n) is 2.20. The SMILES string of the molecule is Cc1ccc(NC(=O)c2cc(Nc3cccc(C#N)c3)ncn2)cc1. The lowest BCUT2D eigenvalue weighted by Gasteiger charge is -2.08. The van der Waals surface area contributed by atoms with Gasteiger partial charge in [0.25, 0.3) is 5.91 Å². The van der Waals surface area contributed by atoms with Gasteiger partial charge >= 0.3 is 0 Å². The van der Waals surface area contributed by atoms with E-state index in [9.17, 15) is 4.79 Å². The Labute approximate surface area is 145 Å². The van der Waals surface area contributed by atoms with Crippen molar-refractivity contribution in [2.45, 2.75) is 6.92 Å². The molecule has 0 spiro atoms. The van der Waals surface area contributed by atoms with Crippen molar-refractivity contribution < 1.29 is 4.79 Å². The highest BCUT2D eigenvalue weighted by atomic mass is 16.1. The van der Waals surface area contributed by atoms with Crippen LogP contribution in [-0.4, -0.2) is 15.9 Å². The summed E-state index contributed by atoms with van der Waals surface area (Å²) in [7, 11) is 0. The molecule has 1 heterocycles. The van der Waals surface area contributed by atoms with Gasteiger partial charge in [0.1, 0.15) is 17.8 Å². The van der Waals surface area contributed by atoms with Gasteiger partial charge in [0.15, 0.2) is 0 Å². The zero-order valence-corrected chi connectivity index (χ0v) is 13.5. The van der Waals surface area contributed by atoms with Crippen molar-refractivity contribution in [2.24, 2.45) is 0 Å². The lowest BCUT2D eigenvalue weighted by molar-refractivity contribution is 0.102. The van der Waals surface area contributed by atoms with Gasteiger partial charge in [-0.15, -0.1) is 0 Å². The molecular weight excluding hydrogens is 314 g/mol. The number of rotatable bonds is 4. The summed E-state index contributed by atoms with van der Waals surface area (Å²) in [5.74, 6) is 0.152. The van der Waals surface area contributed by atoms with Gasteiger partial charge in [-0.05, 0) is 37.3 Å². The number of nitriles is 1. The largest absolute Gasteiger partial charge is 0.340 e. The van der Waals surface area contributed by atoms with Gasteiger partial charge < -0.3 is 10.6 Å². The number of aromatic nitrogens is 2. The summed E-state index contributed by atoms with van der Waals surface area (Å²) in [5.41, 5.74) is 3.31. The number of nitrogens with one attached hydrogen (secondary N) is 2. The summed E-state index contributed by atoms with van der Waals surface area (Å²) in [6, 6.07) is 18.1. The molecule has 1 amide bonds. The minimum atomic E-state index is -0.319. The maximum atomic E-state index is 12.3. The molecule has 0 atom stereocenters. The molecule has 0 unspecified atom stereocenters. The van der Waals surface area contributed by atoms with E-state index in [-0.39, 0.29) is 11.6 Å². The van der Waals surface area contributed by atoms with Gasteiger partial charge in [0.2, 0.25) is 0 Å². The minimum Gasteiger partial charge on any atom is -0.340 e. The van der Waals surface area contributed by atoms with E-state index in [2.05, 4.69) is 26.7 Å². The number of aryl methyl sites for hydroxylation is 1. The van der Waals surface area contributed by atoms with Crippen LogP contribution in [0, 0.1) is 18.3 Å². The second kappa shape index (κ2) is 7.23. The van der Waals surface area contributed by atoms with E-state index in [4.69, 9.17) is 5.26 Å². The van der Waals surface area contributed by atoms with E-state index in [1.807, 2.05) is 37.3 Å². The highest BCUT2D eigenvalue weighted by Gasteiger charge is 2.09. The molecule has 0 aliphatic rings. The third-order valence-electron chi connectivity index (χ3n) is 3.47. The second-order valence-corrected chi connectivity index (χ2v) is 5.43. The number of nitrogens with zero attached hydrogens (tertiary/aromatic N) is 3. The van der Waals surface area contributed by atoms with Crippen LogP contribution >= 0.6 is 0 Å². The Morgan fingerprint density at radius 3 is 2.60 bits per heavy atom. The van der Waals surface area contributed by atoms with E-state index < -0.39 is 0 Å². The van der Waals surface area contributed by atoms with Crippen molar-refractivity contribution in [2.75, 3.05) is 10.6 Å². The molecule has 0 aliphatic carbocycles. The molecule has 0 saturated carbocycles. The molecule has 6 heteroatoms. The Kier molecular flexibility index (Phi) is 4.67. The van der Waals surface area contributed by atoms with Gasteiger partial charge in [-0.25, -0.2) is 9.97 Å². The van der Waals surface area contributed by atoms with Crippen LogP contribution in [0.15, 0.2) is 60.9 Å². The van der Waals surface area contributed by atoms with E-state index in [1.165, 1.54) is 6.33 Å². The number of carbonyl (C=O) groups excluding carboxylic acids is 1. The monoisotopic (exact) mass is 329 g/mol. The van der Waals surface area contributed by atoms with Crippen LogP contribution in [0.5, 0.6) is 0 Å². The highest BCUT2D eigenvalue weighted by Crippen LogP contribution is 2.16. The lowest BCUT2D eigenvalue weighted by atomic mass is 10.2. The number of hydrogen-bond acceptors (Lipinski definition) is 5. The van der Waals surface area contributed by atoms with Crippen LogP contribution < -0.4 is 10.6 Å². The average Bonchev–Trinajstić information content (AvgIpc) is 2.64. The first-order valence-corrected chi connectivity index (χ1v) is 7.61. The van der Waals surface area contributed by atoms with Crippen molar-refractivity contribution in [3.63, 3.8) is 0 Å². The van der Waals surface area contributed by atoms with E-state index >= 15 is 0 Å². The van der Waals surface area contributed by atoms with Gasteiger partial charge in [0, 0.05) is 17.4 Å². The summed E-state index contributed by atoms with van der Waals surface area (Å²) in [6.07, 6.45) is 1.32. The lowest BCUT2D eigenvalue weighted by Crippen LogP contribution is -2.14. The molecule has 0 saturated heterocycles. The maximum absolute atomic E-state index is 12.3. The fraction of sp³-hybridized carbons (Fsp3) is 0.0526. The first kappa shape index (κ1) is 16.1. The number of carbonyl (C=O) groups is 1. The van der Waals surface area contributed by atoms with Crippen molar-refractivity contribution in [1.29, 1.82) is 5.26 Å². The van der Waals surface area contributed by atoms with Gasteiger partial charge in [-0.2, -0.15) is 5.26 Å². The summed E-state index contributed by atoms with van der Waals surface area (Å²) in [4.78, 5) is 20.5. The Hall–Kier alpha value is -3.72. The van der Waals surface area contributed by atoms with Gasteiger partial charge in [-0.3, -0.25) is 4.79 Å². The minimum absolute atomic E-state index is 0.245. The molecule has 0 radical (unpaired) electrons. The van der Waals surface area contributed by atoms with Crippen LogP contribution in [0.1, 0.15) is 21.6 Å². The van der Waals surface area contributed by atoms with Crippen LogP contribution in [0.4, 0.5) is 17.2 Å². The molecule has 0 aliphatic heterocycles. The van der Waals surface area contributed by atoms with Crippen molar-refractivity contribution in [3.8, 4) is 6.07 Å². The van der Waals surface area contributed by atoms with E-state index in [0.717, 1.165) is 5.56 Å². The van der Waals surface area contributed by atoms with Crippen molar-refractivity contribution in [1.82, 2.24) is 9.97 Å². The summed E-state index contributed by atoms with van der Waals surface area (Å²) < 4.78 is 0. The zero-order chi connectivity index (χ0) is 17.6. The number of amides is 1. The number of anilines is 3. The molecule has 122 valence electrons. The molecule has 0 fully saturated rings. The molecule has 0 bridgehead atoms. The Morgan fingerprint density at radius 2 is 1.84 bits per heavy atom. The zero-order valence-electron chi connectivity index (χ0n) is 13.5. The normalized spacial score (nSPS) is 9.92. The first-order chi connectivity index (χ1) is 12.1. The standard InChI is InChI=1S/C19H15N5O/c1-13-5-7-15(8-6-13)24-19(25)17-10-18(22-12-21-17)23-16-4-2-3-14(9-16)11-20/h2-10,12H,1H3,(H,24,25)(H,21,22,23). The maximum Gasteiger partial charge on any atom is 0.274 e. The molecule has 2 N–H and O–H groups in total. The van der Waals surface area contributed by atoms with Crippen LogP contribution in [0.25, 0.3) is 0 Å². The van der Waals surface area contributed by atoms with Crippen molar-refractivity contribution in [3.05, 3.63) is 77.7 Å².